The standard InChI is InChI=1S/C18H28N2O2/c1-16-13-22-15-18-12-19(9-10-20(16)18)8-5-11-21-14-17-6-3-2-4-7-17/h2-4,6-7,16,18H,5,8-15H2,1H3/t16-,18+/m0/s1. The summed E-state index contributed by atoms with van der Waals surface area (Å²) in [5.74, 6) is 0. The van der Waals surface area contributed by atoms with Gasteiger partial charge in [0, 0.05) is 44.9 Å². The third-order valence-electron chi connectivity index (χ3n) is 4.72. The van der Waals surface area contributed by atoms with Crippen molar-refractivity contribution in [1.29, 1.82) is 0 Å². The fourth-order valence-corrected chi connectivity index (χ4v) is 3.49. The van der Waals surface area contributed by atoms with Crippen molar-refractivity contribution in [1.82, 2.24) is 9.80 Å². The molecular weight excluding hydrogens is 276 g/mol. The normalized spacial score (nSPS) is 26.8. The Hall–Kier alpha value is -0.940. The first-order valence-corrected chi connectivity index (χ1v) is 8.50. The summed E-state index contributed by atoms with van der Waals surface area (Å²) in [6.45, 7) is 10.3. The van der Waals surface area contributed by atoms with Gasteiger partial charge in [0.25, 0.3) is 0 Å². The zero-order chi connectivity index (χ0) is 15.2. The van der Waals surface area contributed by atoms with Gasteiger partial charge in [0.05, 0.1) is 19.8 Å². The first kappa shape index (κ1) is 15.9. The molecule has 0 saturated carbocycles. The lowest BCUT2D eigenvalue weighted by atomic mass is 10.1. The molecule has 2 fully saturated rings. The monoisotopic (exact) mass is 304 g/mol. The van der Waals surface area contributed by atoms with Crippen molar-refractivity contribution in [3.05, 3.63) is 35.9 Å². The van der Waals surface area contributed by atoms with Gasteiger partial charge in [-0.3, -0.25) is 4.90 Å². The Labute approximate surface area is 134 Å². The minimum absolute atomic E-state index is 0.579. The van der Waals surface area contributed by atoms with Crippen LogP contribution in [-0.4, -0.2) is 67.9 Å². The van der Waals surface area contributed by atoms with E-state index in [0.717, 1.165) is 45.9 Å². The van der Waals surface area contributed by atoms with Crippen LogP contribution in [0.25, 0.3) is 0 Å². The molecular formula is C18H28N2O2. The summed E-state index contributed by atoms with van der Waals surface area (Å²) in [5, 5.41) is 0. The second-order valence-corrected chi connectivity index (χ2v) is 6.47. The summed E-state index contributed by atoms with van der Waals surface area (Å²) in [5.41, 5.74) is 1.25. The van der Waals surface area contributed by atoms with E-state index in [1.807, 2.05) is 6.07 Å². The quantitative estimate of drug-likeness (QED) is 0.751. The van der Waals surface area contributed by atoms with Crippen LogP contribution >= 0.6 is 0 Å². The van der Waals surface area contributed by atoms with E-state index in [-0.39, 0.29) is 0 Å². The highest BCUT2D eigenvalue weighted by Gasteiger charge is 2.33. The van der Waals surface area contributed by atoms with Crippen LogP contribution in [0.2, 0.25) is 0 Å². The molecule has 3 rings (SSSR count). The minimum atomic E-state index is 0.579. The molecule has 0 radical (unpaired) electrons. The lowest BCUT2D eigenvalue weighted by Crippen LogP contribution is -2.61. The minimum Gasteiger partial charge on any atom is -0.378 e. The Kier molecular flexibility index (Phi) is 5.84. The summed E-state index contributed by atoms with van der Waals surface area (Å²) in [6.07, 6.45) is 1.11. The smallest absolute Gasteiger partial charge is 0.0716 e. The van der Waals surface area contributed by atoms with Crippen LogP contribution in [0.4, 0.5) is 0 Å². The Balaban J connectivity index is 1.31. The molecule has 0 N–H and O–H groups in total. The third-order valence-corrected chi connectivity index (χ3v) is 4.72. The van der Waals surface area contributed by atoms with Gasteiger partial charge in [-0.05, 0) is 18.9 Å². The largest absolute Gasteiger partial charge is 0.378 e. The van der Waals surface area contributed by atoms with E-state index in [2.05, 4.69) is 41.0 Å². The van der Waals surface area contributed by atoms with Gasteiger partial charge in [0.2, 0.25) is 0 Å². The van der Waals surface area contributed by atoms with Crippen LogP contribution in [0, 0.1) is 0 Å². The van der Waals surface area contributed by atoms with E-state index in [9.17, 15) is 0 Å². The predicted octanol–water partition coefficient (Wildman–Crippen LogP) is 2.00. The lowest BCUT2D eigenvalue weighted by Gasteiger charge is -2.47. The number of benzene rings is 1. The molecule has 0 bridgehead atoms. The van der Waals surface area contributed by atoms with Gasteiger partial charge in [0.1, 0.15) is 0 Å². The van der Waals surface area contributed by atoms with Crippen molar-refractivity contribution in [2.75, 3.05) is 46.0 Å². The van der Waals surface area contributed by atoms with E-state index in [1.54, 1.807) is 0 Å². The Bertz CT molecular complexity index is 440. The maximum atomic E-state index is 5.77. The topological polar surface area (TPSA) is 24.9 Å². The van der Waals surface area contributed by atoms with Crippen molar-refractivity contribution >= 4 is 0 Å². The highest BCUT2D eigenvalue weighted by Crippen LogP contribution is 2.18. The summed E-state index contributed by atoms with van der Waals surface area (Å²) in [6, 6.07) is 11.6. The number of rotatable bonds is 6. The van der Waals surface area contributed by atoms with Gasteiger partial charge in [-0.15, -0.1) is 0 Å². The second kappa shape index (κ2) is 8.06. The van der Waals surface area contributed by atoms with Crippen LogP contribution < -0.4 is 0 Å². The van der Waals surface area contributed by atoms with Crippen molar-refractivity contribution in [3.63, 3.8) is 0 Å². The third kappa shape index (κ3) is 4.29. The van der Waals surface area contributed by atoms with Crippen LogP contribution in [0.15, 0.2) is 30.3 Å². The number of nitrogens with zero attached hydrogens (tertiary/aromatic N) is 2. The molecule has 0 aliphatic carbocycles. The van der Waals surface area contributed by atoms with Crippen molar-refractivity contribution in [3.8, 4) is 0 Å². The Morgan fingerprint density at radius 3 is 2.91 bits per heavy atom. The molecule has 1 aromatic carbocycles. The number of hydrogen-bond donors (Lipinski definition) is 0. The highest BCUT2D eigenvalue weighted by molar-refractivity contribution is 5.13. The maximum absolute atomic E-state index is 5.77. The maximum Gasteiger partial charge on any atom is 0.0716 e. The van der Waals surface area contributed by atoms with E-state index in [0.29, 0.717) is 12.1 Å². The van der Waals surface area contributed by atoms with Gasteiger partial charge < -0.3 is 14.4 Å². The summed E-state index contributed by atoms with van der Waals surface area (Å²) >= 11 is 0. The average Bonchev–Trinajstić information content (AvgIpc) is 2.56. The van der Waals surface area contributed by atoms with Crippen molar-refractivity contribution in [2.24, 2.45) is 0 Å². The molecule has 0 unspecified atom stereocenters. The van der Waals surface area contributed by atoms with Gasteiger partial charge in [-0.1, -0.05) is 30.3 Å². The molecule has 4 heteroatoms. The van der Waals surface area contributed by atoms with Crippen molar-refractivity contribution in [2.45, 2.75) is 32.0 Å². The molecule has 0 aromatic heterocycles. The summed E-state index contributed by atoms with van der Waals surface area (Å²) < 4.78 is 11.5. The highest BCUT2D eigenvalue weighted by atomic mass is 16.5. The SMILES string of the molecule is C[C@H]1COC[C@H]2CN(CCCOCc3ccccc3)CCN21. The van der Waals surface area contributed by atoms with E-state index >= 15 is 0 Å². The fourth-order valence-electron chi connectivity index (χ4n) is 3.49. The molecule has 0 amide bonds. The zero-order valence-corrected chi connectivity index (χ0v) is 13.6. The number of piperazine rings is 1. The van der Waals surface area contributed by atoms with Gasteiger partial charge >= 0.3 is 0 Å². The van der Waals surface area contributed by atoms with E-state index < -0.39 is 0 Å². The van der Waals surface area contributed by atoms with Gasteiger partial charge in [-0.25, -0.2) is 0 Å². The first-order chi connectivity index (χ1) is 10.8. The molecule has 2 saturated heterocycles. The molecule has 122 valence electrons. The summed E-state index contributed by atoms with van der Waals surface area (Å²) in [7, 11) is 0. The number of hydrogen-bond acceptors (Lipinski definition) is 4. The van der Waals surface area contributed by atoms with Crippen LogP contribution in [0.1, 0.15) is 18.9 Å². The number of ether oxygens (including phenoxy) is 2. The summed E-state index contributed by atoms with van der Waals surface area (Å²) in [4.78, 5) is 5.18. The van der Waals surface area contributed by atoms with Crippen LogP contribution in [0.3, 0.4) is 0 Å². The van der Waals surface area contributed by atoms with E-state index in [1.165, 1.54) is 18.7 Å². The first-order valence-electron chi connectivity index (χ1n) is 8.50. The predicted molar refractivity (Wildman–Crippen MR) is 87.9 cm³/mol. The lowest BCUT2D eigenvalue weighted by molar-refractivity contribution is -0.0759. The number of fused-ring (bicyclic) bond motifs is 1. The van der Waals surface area contributed by atoms with Gasteiger partial charge in [0.15, 0.2) is 0 Å². The Morgan fingerprint density at radius 2 is 2.05 bits per heavy atom. The fraction of sp³-hybridized carbons (Fsp3) is 0.667. The Morgan fingerprint density at radius 1 is 1.18 bits per heavy atom. The van der Waals surface area contributed by atoms with E-state index in [4.69, 9.17) is 9.47 Å². The molecule has 2 heterocycles. The zero-order valence-electron chi connectivity index (χ0n) is 13.6. The molecule has 2 aliphatic rings. The molecule has 1 aromatic rings. The van der Waals surface area contributed by atoms with Gasteiger partial charge in [-0.2, -0.15) is 0 Å². The van der Waals surface area contributed by atoms with Crippen molar-refractivity contribution < 1.29 is 9.47 Å². The van der Waals surface area contributed by atoms with Crippen LogP contribution in [0.5, 0.6) is 0 Å². The van der Waals surface area contributed by atoms with Crippen LogP contribution in [-0.2, 0) is 16.1 Å². The second-order valence-electron chi connectivity index (χ2n) is 6.47. The molecule has 0 spiro atoms. The molecule has 4 nitrogen and oxygen atoms in total. The average molecular weight is 304 g/mol. The molecule has 22 heavy (non-hydrogen) atoms. The molecule has 2 aliphatic heterocycles. The number of morpholine rings is 1. The molecule has 2 atom stereocenters.